The van der Waals surface area contributed by atoms with Crippen LogP contribution in [-0.4, -0.2) is 23.0 Å². The summed E-state index contributed by atoms with van der Waals surface area (Å²) in [6.45, 7) is 4.79. The molecule has 56 valence electrons. The smallest absolute Gasteiger partial charge is 0.0142 e. The van der Waals surface area contributed by atoms with E-state index in [2.05, 4.69) is 20.1 Å². The third-order valence-electron chi connectivity index (χ3n) is 2.85. The second-order valence-electron chi connectivity index (χ2n) is 3.30. The Morgan fingerprint density at radius 2 is 2.22 bits per heavy atom. The Kier molecular flexibility index (Phi) is 2.10. The van der Waals surface area contributed by atoms with Crippen LogP contribution in [0.15, 0.2) is 0 Å². The van der Waals surface area contributed by atoms with E-state index in [0.717, 1.165) is 5.25 Å². The average Bonchev–Trinajstić information content (AvgIpc) is 2.15. The standard InChI is InChI=1S/C8H18S/c1-4-9(3)7-5-6-8(9)2/h8H,4-7H2,1-3H3. The Bertz CT molecular complexity index is 101. The van der Waals surface area contributed by atoms with Crippen molar-refractivity contribution in [1.82, 2.24) is 0 Å². The summed E-state index contributed by atoms with van der Waals surface area (Å²) in [4.78, 5) is 0. The van der Waals surface area contributed by atoms with Gasteiger partial charge in [-0.15, -0.1) is 0 Å². The highest BCUT2D eigenvalue weighted by molar-refractivity contribution is 8.33. The van der Waals surface area contributed by atoms with Gasteiger partial charge < -0.3 is 0 Å². The van der Waals surface area contributed by atoms with Crippen molar-refractivity contribution in [3.05, 3.63) is 0 Å². The van der Waals surface area contributed by atoms with Crippen molar-refractivity contribution in [1.29, 1.82) is 0 Å². The van der Waals surface area contributed by atoms with Crippen LogP contribution in [0.25, 0.3) is 0 Å². The van der Waals surface area contributed by atoms with E-state index in [4.69, 9.17) is 0 Å². The zero-order valence-electron chi connectivity index (χ0n) is 6.81. The van der Waals surface area contributed by atoms with Crippen molar-refractivity contribution in [3.8, 4) is 0 Å². The van der Waals surface area contributed by atoms with E-state index < -0.39 is 0 Å². The van der Waals surface area contributed by atoms with Gasteiger partial charge in [-0.1, -0.05) is 13.8 Å². The van der Waals surface area contributed by atoms with Crippen molar-refractivity contribution in [2.24, 2.45) is 0 Å². The van der Waals surface area contributed by atoms with Crippen LogP contribution in [0.3, 0.4) is 0 Å². The molecular weight excluding hydrogens is 128 g/mol. The SMILES string of the molecule is CCS1(C)CCCC1C. The van der Waals surface area contributed by atoms with Crippen LogP contribution in [0.5, 0.6) is 0 Å². The Morgan fingerprint density at radius 3 is 2.44 bits per heavy atom. The molecule has 1 saturated heterocycles. The Hall–Kier alpha value is 0.350. The second-order valence-corrected chi connectivity index (χ2v) is 7.79. The highest BCUT2D eigenvalue weighted by Gasteiger charge is 2.28. The Balaban J connectivity index is 2.56. The lowest BCUT2D eigenvalue weighted by Gasteiger charge is -2.34. The van der Waals surface area contributed by atoms with Gasteiger partial charge in [-0.2, -0.15) is 0 Å². The molecule has 1 heteroatoms. The zero-order chi connectivity index (χ0) is 6.91. The first-order valence-corrected chi connectivity index (χ1v) is 6.36. The molecule has 0 aromatic carbocycles. The molecule has 2 atom stereocenters. The van der Waals surface area contributed by atoms with E-state index in [9.17, 15) is 0 Å². The van der Waals surface area contributed by atoms with Gasteiger partial charge in [0.25, 0.3) is 0 Å². The molecule has 1 aliphatic rings. The van der Waals surface area contributed by atoms with Crippen molar-refractivity contribution in [2.75, 3.05) is 17.8 Å². The van der Waals surface area contributed by atoms with Gasteiger partial charge in [0.1, 0.15) is 0 Å². The molecule has 1 fully saturated rings. The van der Waals surface area contributed by atoms with Crippen molar-refractivity contribution >= 4 is 10.0 Å². The lowest BCUT2D eigenvalue weighted by atomic mass is 10.3. The third kappa shape index (κ3) is 1.26. The molecule has 1 aliphatic heterocycles. The summed E-state index contributed by atoms with van der Waals surface area (Å²) in [5.41, 5.74) is 0. The molecule has 0 bridgehead atoms. The molecule has 9 heavy (non-hydrogen) atoms. The van der Waals surface area contributed by atoms with Crippen LogP contribution >= 0.6 is 10.0 Å². The largest absolute Gasteiger partial charge is 0.242 e. The van der Waals surface area contributed by atoms with E-state index >= 15 is 0 Å². The third-order valence-corrected chi connectivity index (χ3v) is 7.57. The summed E-state index contributed by atoms with van der Waals surface area (Å²) in [6, 6.07) is 0. The van der Waals surface area contributed by atoms with Crippen molar-refractivity contribution < 1.29 is 0 Å². The number of hydrogen-bond donors (Lipinski definition) is 0. The molecule has 2 unspecified atom stereocenters. The molecule has 0 aromatic heterocycles. The van der Waals surface area contributed by atoms with Crippen LogP contribution in [0, 0.1) is 0 Å². The summed E-state index contributed by atoms with van der Waals surface area (Å²) in [5.74, 6) is 3.00. The van der Waals surface area contributed by atoms with Gasteiger partial charge in [0.15, 0.2) is 0 Å². The first-order valence-electron chi connectivity index (χ1n) is 3.91. The minimum Gasteiger partial charge on any atom is -0.242 e. The van der Waals surface area contributed by atoms with E-state index in [1.807, 2.05) is 0 Å². The quantitative estimate of drug-likeness (QED) is 0.533. The van der Waals surface area contributed by atoms with Gasteiger partial charge in [-0.3, -0.25) is 0 Å². The molecule has 0 saturated carbocycles. The molecule has 0 radical (unpaired) electrons. The summed E-state index contributed by atoms with van der Waals surface area (Å²) < 4.78 is 0. The topological polar surface area (TPSA) is 0 Å². The van der Waals surface area contributed by atoms with Gasteiger partial charge in [-0.05, 0) is 35.9 Å². The maximum atomic E-state index is 2.52. The molecule has 0 amide bonds. The van der Waals surface area contributed by atoms with Gasteiger partial charge in [0.05, 0.1) is 0 Å². The summed E-state index contributed by atoms with van der Waals surface area (Å²) in [5, 5.41) is 1.06. The summed E-state index contributed by atoms with van der Waals surface area (Å²) in [6.07, 6.45) is 5.52. The van der Waals surface area contributed by atoms with Crippen LogP contribution < -0.4 is 0 Å². The van der Waals surface area contributed by atoms with Crippen molar-refractivity contribution in [3.63, 3.8) is 0 Å². The molecule has 0 spiro atoms. The lowest BCUT2D eigenvalue weighted by molar-refractivity contribution is 0.835. The van der Waals surface area contributed by atoms with Crippen LogP contribution in [0.1, 0.15) is 26.7 Å². The van der Waals surface area contributed by atoms with Gasteiger partial charge in [0.2, 0.25) is 0 Å². The Labute approximate surface area is 60.3 Å². The zero-order valence-corrected chi connectivity index (χ0v) is 7.63. The first kappa shape index (κ1) is 7.46. The van der Waals surface area contributed by atoms with Gasteiger partial charge >= 0.3 is 0 Å². The summed E-state index contributed by atoms with van der Waals surface area (Å²) in [7, 11) is -0.120. The molecule has 0 aromatic rings. The minimum atomic E-state index is -0.120. The molecular formula is C8H18S. The van der Waals surface area contributed by atoms with Crippen LogP contribution in [0.2, 0.25) is 0 Å². The monoisotopic (exact) mass is 146 g/mol. The van der Waals surface area contributed by atoms with Crippen molar-refractivity contribution in [2.45, 2.75) is 31.9 Å². The van der Waals surface area contributed by atoms with E-state index in [-0.39, 0.29) is 10.0 Å². The molecule has 0 nitrogen and oxygen atoms in total. The average molecular weight is 146 g/mol. The highest BCUT2D eigenvalue weighted by Crippen LogP contribution is 2.55. The fraction of sp³-hybridized carbons (Fsp3) is 1.00. The van der Waals surface area contributed by atoms with Crippen LogP contribution in [0.4, 0.5) is 0 Å². The highest BCUT2D eigenvalue weighted by atomic mass is 32.3. The van der Waals surface area contributed by atoms with Crippen LogP contribution in [-0.2, 0) is 0 Å². The normalized spacial score (nSPS) is 50.8. The second kappa shape index (κ2) is 2.53. The maximum absolute atomic E-state index is 2.52. The van der Waals surface area contributed by atoms with E-state index in [1.165, 1.54) is 18.6 Å². The molecule has 0 aliphatic carbocycles. The van der Waals surface area contributed by atoms with E-state index in [0.29, 0.717) is 0 Å². The molecule has 1 rings (SSSR count). The molecule has 0 N–H and O–H groups in total. The predicted molar refractivity (Wildman–Crippen MR) is 47.6 cm³/mol. The molecule has 1 heterocycles. The fourth-order valence-corrected chi connectivity index (χ4v) is 4.44. The van der Waals surface area contributed by atoms with E-state index in [1.54, 1.807) is 5.75 Å². The first-order chi connectivity index (χ1) is 4.19. The Morgan fingerprint density at radius 1 is 1.56 bits per heavy atom. The predicted octanol–water partition coefficient (Wildman–Crippen LogP) is 2.62. The van der Waals surface area contributed by atoms with Gasteiger partial charge in [0, 0.05) is 0 Å². The fourth-order valence-electron chi connectivity index (χ4n) is 1.62. The minimum absolute atomic E-state index is 0.120. The van der Waals surface area contributed by atoms with Gasteiger partial charge in [-0.25, -0.2) is 10.0 Å². The number of rotatable bonds is 1. The summed E-state index contributed by atoms with van der Waals surface area (Å²) >= 11 is 0. The maximum Gasteiger partial charge on any atom is -0.0142 e. The number of hydrogen-bond acceptors (Lipinski definition) is 0. The lowest BCUT2D eigenvalue weighted by Crippen LogP contribution is -2.10.